The summed E-state index contributed by atoms with van der Waals surface area (Å²) in [5.41, 5.74) is 5.36. The number of hydrogen-bond acceptors (Lipinski definition) is 2. The average Bonchev–Trinajstić information content (AvgIpc) is 3.08. The van der Waals surface area contributed by atoms with Crippen LogP contribution in [0.15, 0.2) is 30.7 Å². The summed E-state index contributed by atoms with van der Waals surface area (Å²) in [6.45, 7) is 2.98. The van der Waals surface area contributed by atoms with Gasteiger partial charge in [-0.05, 0) is 55.7 Å². The quantitative estimate of drug-likeness (QED) is 0.943. The number of amides is 1. The van der Waals surface area contributed by atoms with Crippen molar-refractivity contribution in [1.29, 1.82) is 0 Å². The molecule has 0 spiro atoms. The van der Waals surface area contributed by atoms with Gasteiger partial charge in [0.25, 0.3) is 0 Å². The van der Waals surface area contributed by atoms with Crippen LogP contribution in [-0.2, 0) is 30.6 Å². The van der Waals surface area contributed by atoms with Crippen molar-refractivity contribution in [3.05, 3.63) is 53.1 Å². The van der Waals surface area contributed by atoms with Crippen molar-refractivity contribution < 1.29 is 4.79 Å². The predicted octanol–water partition coefficient (Wildman–Crippen LogP) is 3.20. The van der Waals surface area contributed by atoms with E-state index in [4.69, 9.17) is 0 Å². The van der Waals surface area contributed by atoms with Crippen LogP contribution in [0.4, 0.5) is 0 Å². The van der Waals surface area contributed by atoms with Crippen molar-refractivity contribution >= 4 is 5.91 Å². The minimum absolute atomic E-state index is 0.0641. The summed E-state index contributed by atoms with van der Waals surface area (Å²) in [5, 5.41) is 3.23. The molecule has 2 aliphatic rings. The molecule has 0 fully saturated rings. The summed E-state index contributed by atoms with van der Waals surface area (Å²) in [7, 11) is 0. The Balaban J connectivity index is 1.42. The second-order valence-electron chi connectivity index (χ2n) is 7.23. The molecule has 2 atom stereocenters. The number of fused-ring (bicyclic) bond motifs is 2. The molecule has 1 aliphatic carbocycles. The molecule has 0 bridgehead atoms. The molecule has 1 aromatic heterocycles. The van der Waals surface area contributed by atoms with Crippen LogP contribution in [0.3, 0.4) is 0 Å². The van der Waals surface area contributed by atoms with Gasteiger partial charge >= 0.3 is 0 Å². The first-order valence-corrected chi connectivity index (χ1v) is 9.12. The number of nitrogens with one attached hydrogen (secondary N) is 1. The lowest BCUT2D eigenvalue weighted by atomic mass is 9.89. The van der Waals surface area contributed by atoms with Gasteiger partial charge in [0.05, 0.1) is 12.4 Å². The van der Waals surface area contributed by atoms with Gasteiger partial charge in [-0.25, -0.2) is 4.98 Å². The Morgan fingerprint density at radius 3 is 3.00 bits per heavy atom. The third-order valence-corrected chi connectivity index (χ3v) is 5.57. The molecule has 1 aromatic carbocycles. The summed E-state index contributed by atoms with van der Waals surface area (Å²) >= 11 is 0. The molecule has 1 aliphatic heterocycles. The fourth-order valence-corrected chi connectivity index (χ4v) is 4.03. The van der Waals surface area contributed by atoms with Crippen LogP contribution in [0.5, 0.6) is 0 Å². The Morgan fingerprint density at radius 1 is 1.29 bits per heavy atom. The maximum absolute atomic E-state index is 12.7. The molecule has 0 radical (unpaired) electrons. The number of carbonyl (C=O) groups excluding carboxylic acids is 1. The van der Waals surface area contributed by atoms with Crippen LogP contribution in [0.2, 0.25) is 0 Å². The Hall–Kier alpha value is -2.10. The normalized spacial score (nSPS) is 20.8. The van der Waals surface area contributed by atoms with Crippen molar-refractivity contribution in [1.82, 2.24) is 14.9 Å². The van der Waals surface area contributed by atoms with E-state index in [1.54, 1.807) is 0 Å². The lowest BCUT2D eigenvalue weighted by Gasteiger charge is -2.25. The van der Waals surface area contributed by atoms with Gasteiger partial charge in [-0.2, -0.15) is 0 Å². The van der Waals surface area contributed by atoms with E-state index in [0.717, 1.165) is 19.4 Å². The summed E-state index contributed by atoms with van der Waals surface area (Å²) in [6.07, 6.45) is 10.4. The first-order chi connectivity index (χ1) is 11.7. The van der Waals surface area contributed by atoms with E-state index >= 15 is 0 Å². The number of aryl methyl sites for hydroxylation is 3. The van der Waals surface area contributed by atoms with E-state index in [-0.39, 0.29) is 17.9 Å². The third-order valence-electron chi connectivity index (χ3n) is 5.57. The highest BCUT2D eigenvalue weighted by Gasteiger charge is 2.26. The smallest absolute Gasteiger partial charge is 0.224 e. The molecule has 4 nitrogen and oxygen atoms in total. The van der Waals surface area contributed by atoms with Gasteiger partial charge in [0.2, 0.25) is 5.91 Å². The number of nitrogens with zero attached hydrogens (tertiary/aromatic N) is 2. The zero-order valence-corrected chi connectivity index (χ0v) is 14.3. The lowest BCUT2D eigenvalue weighted by Crippen LogP contribution is -2.36. The highest BCUT2D eigenvalue weighted by molar-refractivity contribution is 5.79. The second kappa shape index (κ2) is 6.42. The monoisotopic (exact) mass is 323 g/mol. The maximum atomic E-state index is 12.7. The Kier molecular flexibility index (Phi) is 4.13. The standard InChI is InChI=1S/C20H25N3O/c1-14(16-7-6-15-4-2-3-5-17(15)10-16)22-20(24)18-8-9-23-13-21-12-19(23)11-18/h6-7,10,12-14,18H,2-5,8-9,11H2,1H3,(H,22,24)/t14-,18+/m0/s1. The zero-order valence-electron chi connectivity index (χ0n) is 14.3. The molecule has 2 heterocycles. The number of carbonyl (C=O) groups is 1. The maximum Gasteiger partial charge on any atom is 0.224 e. The number of benzene rings is 1. The predicted molar refractivity (Wildman–Crippen MR) is 93.7 cm³/mol. The van der Waals surface area contributed by atoms with E-state index < -0.39 is 0 Å². The van der Waals surface area contributed by atoms with E-state index in [1.165, 1.54) is 48.1 Å². The molecule has 4 rings (SSSR count). The number of rotatable bonds is 3. The van der Waals surface area contributed by atoms with Crippen LogP contribution in [0, 0.1) is 5.92 Å². The second-order valence-corrected chi connectivity index (χ2v) is 7.23. The van der Waals surface area contributed by atoms with Gasteiger partial charge in [-0.15, -0.1) is 0 Å². The molecule has 0 saturated carbocycles. The number of hydrogen-bond donors (Lipinski definition) is 1. The van der Waals surface area contributed by atoms with Gasteiger partial charge in [0, 0.05) is 30.8 Å². The van der Waals surface area contributed by atoms with Gasteiger partial charge in [-0.1, -0.05) is 18.2 Å². The fourth-order valence-electron chi connectivity index (χ4n) is 4.03. The van der Waals surface area contributed by atoms with E-state index in [9.17, 15) is 4.79 Å². The Bertz CT molecular complexity index is 749. The molecule has 4 heteroatoms. The molecular weight excluding hydrogens is 298 g/mol. The number of imidazole rings is 1. The van der Waals surface area contributed by atoms with Crippen LogP contribution >= 0.6 is 0 Å². The zero-order chi connectivity index (χ0) is 16.5. The third kappa shape index (κ3) is 2.97. The van der Waals surface area contributed by atoms with Gasteiger partial charge in [-0.3, -0.25) is 4.79 Å². The van der Waals surface area contributed by atoms with Crippen LogP contribution in [0.1, 0.15) is 54.6 Å². The highest BCUT2D eigenvalue weighted by Crippen LogP contribution is 2.26. The minimum atomic E-state index is 0.0641. The summed E-state index contributed by atoms with van der Waals surface area (Å²) in [6, 6.07) is 6.81. The van der Waals surface area contributed by atoms with Crippen LogP contribution < -0.4 is 5.32 Å². The van der Waals surface area contributed by atoms with Crippen LogP contribution in [0.25, 0.3) is 0 Å². The molecule has 126 valence electrons. The van der Waals surface area contributed by atoms with Crippen molar-refractivity contribution in [3.8, 4) is 0 Å². The first-order valence-electron chi connectivity index (χ1n) is 9.12. The SMILES string of the molecule is C[C@H](NC(=O)[C@@H]1CCn2cncc2C1)c1ccc2c(c1)CCCC2. The molecule has 1 amide bonds. The molecule has 1 N–H and O–H groups in total. The van der Waals surface area contributed by atoms with E-state index in [1.807, 2.05) is 12.5 Å². The summed E-state index contributed by atoms with van der Waals surface area (Å²) in [4.78, 5) is 16.8. The molecular formula is C20H25N3O. The van der Waals surface area contributed by atoms with Crippen molar-refractivity contribution in [3.63, 3.8) is 0 Å². The van der Waals surface area contributed by atoms with Crippen molar-refractivity contribution in [2.75, 3.05) is 0 Å². The highest BCUT2D eigenvalue weighted by atomic mass is 16.1. The van der Waals surface area contributed by atoms with Gasteiger partial charge < -0.3 is 9.88 Å². The molecule has 2 aromatic rings. The largest absolute Gasteiger partial charge is 0.349 e. The van der Waals surface area contributed by atoms with Crippen molar-refractivity contribution in [2.45, 2.75) is 58.0 Å². The summed E-state index contributed by atoms with van der Waals surface area (Å²) in [5.74, 6) is 0.238. The van der Waals surface area contributed by atoms with Gasteiger partial charge in [0.1, 0.15) is 0 Å². The topological polar surface area (TPSA) is 46.9 Å². The van der Waals surface area contributed by atoms with Crippen LogP contribution in [-0.4, -0.2) is 15.5 Å². The first kappa shape index (κ1) is 15.4. The molecule has 24 heavy (non-hydrogen) atoms. The number of aromatic nitrogens is 2. The van der Waals surface area contributed by atoms with Gasteiger partial charge in [0.15, 0.2) is 0 Å². The molecule has 0 saturated heterocycles. The molecule has 0 unspecified atom stereocenters. The average molecular weight is 323 g/mol. The lowest BCUT2D eigenvalue weighted by molar-refractivity contribution is -0.126. The fraction of sp³-hybridized carbons (Fsp3) is 0.500. The van der Waals surface area contributed by atoms with E-state index in [0.29, 0.717) is 0 Å². The van der Waals surface area contributed by atoms with E-state index in [2.05, 4.69) is 40.0 Å². The summed E-state index contributed by atoms with van der Waals surface area (Å²) < 4.78 is 2.15. The van der Waals surface area contributed by atoms with Crippen molar-refractivity contribution in [2.24, 2.45) is 5.92 Å². The minimum Gasteiger partial charge on any atom is -0.349 e. The Labute approximate surface area is 143 Å². The Morgan fingerprint density at radius 2 is 2.12 bits per heavy atom.